The number of hydrogen-bond donors (Lipinski definition) is 1. The lowest BCUT2D eigenvalue weighted by molar-refractivity contribution is 0.0657. The van der Waals surface area contributed by atoms with Crippen LogP contribution in [0.25, 0.3) is 10.1 Å². The van der Waals surface area contributed by atoms with Crippen molar-refractivity contribution in [3.63, 3.8) is 0 Å². The Morgan fingerprint density at radius 2 is 2.20 bits per heavy atom. The summed E-state index contributed by atoms with van der Waals surface area (Å²) in [5.74, 6) is -0.220. The molecule has 1 fully saturated rings. The minimum atomic E-state index is -0.262. The van der Waals surface area contributed by atoms with Gasteiger partial charge >= 0.3 is 0 Å². The summed E-state index contributed by atoms with van der Waals surface area (Å²) in [5, 5.41) is 4.31. The van der Waals surface area contributed by atoms with E-state index >= 15 is 0 Å². The van der Waals surface area contributed by atoms with Crippen LogP contribution < -0.4 is 5.32 Å². The molecule has 1 aliphatic heterocycles. The Bertz CT molecular complexity index is 665. The standard InChI is InChI=1S/C15H17FN2OS/c1-15(2)9-18(6-5-17-15)14(19)13-7-10-3-4-11(16)8-12(10)20-13/h3-4,7-8,17H,5-6,9H2,1-2H3. The van der Waals surface area contributed by atoms with Gasteiger partial charge in [0.25, 0.3) is 5.91 Å². The van der Waals surface area contributed by atoms with Gasteiger partial charge in [0.2, 0.25) is 0 Å². The summed E-state index contributed by atoms with van der Waals surface area (Å²) in [4.78, 5) is 15.1. The van der Waals surface area contributed by atoms with Gasteiger partial charge < -0.3 is 10.2 Å². The summed E-state index contributed by atoms with van der Waals surface area (Å²) < 4.78 is 14.0. The first-order chi connectivity index (χ1) is 9.44. The average molecular weight is 292 g/mol. The fourth-order valence-corrected chi connectivity index (χ4v) is 3.64. The molecule has 0 saturated carbocycles. The number of halogens is 1. The minimum Gasteiger partial charge on any atom is -0.335 e. The van der Waals surface area contributed by atoms with Crippen LogP contribution in [0.4, 0.5) is 4.39 Å². The van der Waals surface area contributed by atoms with Crippen LogP contribution in [0.2, 0.25) is 0 Å². The molecule has 1 N–H and O–H groups in total. The fourth-order valence-electron chi connectivity index (χ4n) is 2.58. The molecule has 0 atom stereocenters. The second-order valence-electron chi connectivity index (χ2n) is 5.83. The Morgan fingerprint density at radius 1 is 1.40 bits per heavy atom. The molecule has 2 aromatic rings. The Morgan fingerprint density at radius 3 is 2.95 bits per heavy atom. The normalized spacial score (nSPS) is 18.4. The van der Waals surface area contributed by atoms with Crippen LogP contribution >= 0.6 is 11.3 Å². The van der Waals surface area contributed by atoms with E-state index in [1.807, 2.05) is 11.0 Å². The highest BCUT2D eigenvalue weighted by molar-refractivity contribution is 7.20. The Balaban J connectivity index is 1.88. The van der Waals surface area contributed by atoms with Crippen molar-refractivity contribution in [3.8, 4) is 0 Å². The van der Waals surface area contributed by atoms with Gasteiger partial charge in [-0.3, -0.25) is 4.79 Å². The number of nitrogens with zero attached hydrogens (tertiary/aromatic N) is 1. The van der Waals surface area contributed by atoms with E-state index in [1.54, 1.807) is 6.07 Å². The first kappa shape index (κ1) is 13.5. The number of hydrogen-bond acceptors (Lipinski definition) is 3. The number of carbonyl (C=O) groups excluding carboxylic acids is 1. The van der Waals surface area contributed by atoms with Crippen LogP contribution in [0, 0.1) is 5.82 Å². The van der Waals surface area contributed by atoms with Gasteiger partial charge in [0.05, 0.1) is 4.88 Å². The molecule has 1 aliphatic rings. The highest BCUT2D eigenvalue weighted by atomic mass is 32.1. The Hall–Kier alpha value is -1.46. The van der Waals surface area contributed by atoms with Crippen molar-refractivity contribution in [2.45, 2.75) is 19.4 Å². The van der Waals surface area contributed by atoms with Gasteiger partial charge in [-0.15, -0.1) is 11.3 Å². The monoisotopic (exact) mass is 292 g/mol. The molecule has 1 amide bonds. The van der Waals surface area contributed by atoms with Crippen LogP contribution in [-0.2, 0) is 0 Å². The van der Waals surface area contributed by atoms with E-state index < -0.39 is 0 Å². The molecule has 2 heterocycles. The van der Waals surface area contributed by atoms with Crippen LogP contribution in [0.5, 0.6) is 0 Å². The van der Waals surface area contributed by atoms with E-state index in [-0.39, 0.29) is 17.3 Å². The van der Waals surface area contributed by atoms with Crippen LogP contribution in [0.1, 0.15) is 23.5 Å². The highest BCUT2D eigenvalue weighted by Crippen LogP contribution is 2.28. The third-order valence-electron chi connectivity index (χ3n) is 3.55. The maximum absolute atomic E-state index is 13.2. The molecule has 5 heteroatoms. The zero-order chi connectivity index (χ0) is 14.3. The maximum Gasteiger partial charge on any atom is 0.264 e. The van der Waals surface area contributed by atoms with Crippen LogP contribution in [0.3, 0.4) is 0 Å². The fraction of sp³-hybridized carbons (Fsp3) is 0.400. The number of rotatable bonds is 1. The second kappa shape index (κ2) is 4.82. The Labute approximate surface area is 121 Å². The third kappa shape index (κ3) is 2.55. The lowest BCUT2D eigenvalue weighted by atomic mass is 10.0. The maximum atomic E-state index is 13.2. The summed E-state index contributed by atoms with van der Waals surface area (Å²) in [6, 6.07) is 6.49. The molecule has 1 aromatic heterocycles. The van der Waals surface area contributed by atoms with Crippen molar-refractivity contribution in [2.75, 3.05) is 19.6 Å². The molecule has 0 aliphatic carbocycles. The summed E-state index contributed by atoms with van der Waals surface area (Å²) in [6.45, 7) is 6.39. The molecule has 1 aromatic carbocycles. The topological polar surface area (TPSA) is 32.3 Å². The molecule has 20 heavy (non-hydrogen) atoms. The number of nitrogens with one attached hydrogen (secondary N) is 1. The molecule has 3 nitrogen and oxygen atoms in total. The van der Waals surface area contributed by atoms with E-state index in [9.17, 15) is 9.18 Å². The molecule has 3 rings (SSSR count). The average Bonchev–Trinajstić information content (AvgIpc) is 2.79. The SMILES string of the molecule is CC1(C)CN(C(=O)c2cc3ccc(F)cc3s2)CCN1. The van der Waals surface area contributed by atoms with Crippen LogP contribution in [0.15, 0.2) is 24.3 Å². The number of amides is 1. The predicted octanol–water partition coefficient (Wildman–Crippen LogP) is 2.86. The van der Waals surface area contributed by atoms with Crippen molar-refractivity contribution in [1.29, 1.82) is 0 Å². The molecule has 1 saturated heterocycles. The van der Waals surface area contributed by atoms with Crippen molar-refractivity contribution >= 4 is 27.3 Å². The summed E-state index contributed by atoms with van der Waals surface area (Å²) in [6.07, 6.45) is 0. The molecule has 0 unspecified atom stereocenters. The van der Waals surface area contributed by atoms with Gasteiger partial charge in [0.1, 0.15) is 5.82 Å². The summed E-state index contributed by atoms with van der Waals surface area (Å²) in [7, 11) is 0. The largest absolute Gasteiger partial charge is 0.335 e. The van der Waals surface area contributed by atoms with Gasteiger partial charge in [0, 0.05) is 29.9 Å². The minimum absolute atomic E-state index is 0.0428. The predicted molar refractivity (Wildman–Crippen MR) is 79.8 cm³/mol. The van der Waals surface area contributed by atoms with E-state index in [0.29, 0.717) is 18.0 Å². The summed E-state index contributed by atoms with van der Waals surface area (Å²) in [5.41, 5.74) is -0.0588. The van der Waals surface area contributed by atoms with Crippen molar-refractivity contribution in [3.05, 3.63) is 35.0 Å². The first-order valence-corrected chi connectivity index (χ1v) is 7.50. The number of carbonyl (C=O) groups is 1. The number of fused-ring (bicyclic) bond motifs is 1. The molecule has 0 radical (unpaired) electrons. The van der Waals surface area contributed by atoms with Gasteiger partial charge in [-0.2, -0.15) is 0 Å². The number of piperazine rings is 1. The van der Waals surface area contributed by atoms with E-state index in [4.69, 9.17) is 0 Å². The lowest BCUT2D eigenvalue weighted by Crippen LogP contribution is -2.58. The number of thiophene rings is 1. The number of benzene rings is 1. The lowest BCUT2D eigenvalue weighted by Gasteiger charge is -2.38. The third-order valence-corrected chi connectivity index (χ3v) is 4.64. The first-order valence-electron chi connectivity index (χ1n) is 6.68. The highest BCUT2D eigenvalue weighted by Gasteiger charge is 2.29. The van der Waals surface area contributed by atoms with Crippen molar-refractivity contribution < 1.29 is 9.18 Å². The molecular weight excluding hydrogens is 275 g/mol. The van der Waals surface area contributed by atoms with Crippen molar-refractivity contribution in [1.82, 2.24) is 10.2 Å². The summed E-state index contributed by atoms with van der Waals surface area (Å²) >= 11 is 1.36. The molecule has 0 spiro atoms. The van der Waals surface area contributed by atoms with E-state index in [0.717, 1.165) is 16.6 Å². The Kier molecular flexibility index (Phi) is 3.26. The zero-order valence-electron chi connectivity index (χ0n) is 11.6. The van der Waals surface area contributed by atoms with Gasteiger partial charge in [0.15, 0.2) is 0 Å². The van der Waals surface area contributed by atoms with Crippen molar-refractivity contribution in [2.24, 2.45) is 0 Å². The van der Waals surface area contributed by atoms with Gasteiger partial charge in [-0.25, -0.2) is 4.39 Å². The quantitative estimate of drug-likeness (QED) is 0.876. The molecule has 106 valence electrons. The molecular formula is C15H17FN2OS. The smallest absolute Gasteiger partial charge is 0.264 e. The van der Waals surface area contributed by atoms with E-state index in [2.05, 4.69) is 19.2 Å². The van der Waals surface area contributed by atoms with E-state index in [1.165, 1.54) is 23.5 Å². The van der Waals surface area contributed by atoms with Gasteiger partial charge in [-0.1, -0.05) is 6.07 Å². The van der Waals surface area contributed by atoms with Crippen LogP contribution in [-0.4, -0.2) is 36.0 Å². The molecule has 0 bridgehead atoms. The van der Waals surface area contributed by atoms with Gasteiger partial charge in [-0.05, 0) is 37.4 Å². The second-order valence-corrected chi connectivity index (χ2v) is 6.91. The zero-order valence-corrected chi connectivity index (χ0v) is 12.4.